The van der Waals surface area contributed by atoms with E-state index in [1.165, 1.54) is 12.1 Å². The van der Waals surface area contributed by atoms with Crippen LogP contribution >= 0.6 is 0 Å². The molecule has 1 heterocycles. The maximum atomic E-state index is 12.8. The molecule has 0 spiro atoms. The summed E-state index contributed by atoms with van der Waals surface area (Å²) in [7, 11) is 0. The molecule has 0 fully saturated rings. The van der Waals surface area contributed by atoms with E-state index >= 15 is 0 Å². The molecule has 5 nitrogen and oxygen atoms in total. The third kappa shape index (κ3) is 2.90. The highest BCUT2D eigenvalue weighted by Gasteiger charge is 2.15. The standard InChI is InChI=1S/C14H14FN3O2/c1-9-12(4-3-5-14(9)18(19)20)17-10(2)13-7-6-11(15)8-16-13/h3-8,10,17H,1-2H3. The van der Waals surface area contributed by atoms with Crippen LogP contribution in [0, 0.1) is 22.9 Å². The van der Waals surface area contributed by atoms with Crippen LogP contribution in [0.1, 0.15) is 24.2 Å². The van der Waals surface area contributed by atoms with Gasteiger partial charge in [-0.25, -0.2) is 4.39 Å². The minimum absolute atomic E-state index is 0.0641. The van der Waals surface area contributed by atoms with E-state index in [1.54, 1.807) is 25.1 Å². The predicted octanol–water partition coefficient (Wildman–Crippen LogP) is 3.61. The maximum Gasteiger partial charge on any atom is 0.274 e. The molecule has 1 aromatic heterocycles. The highest BCUT2D eigenvalue weighted by molar-refractivity contribution is 5.60. The van der Waals surface area contributed by atoms with Crippen molar-refractivity contribution in [3.8, 4) is 0 Å². The first-order valence-electron chi connectivity index (χ1n) is 6.11. The lowest BCUT2D eigenvalue weighted by atomic mass is 10.1. The van der Waals surface area contributed by atoms with Gasteiger partial charge in [0.2, 0.25) is 0 Å². The van der Waals surface area contributed by atoms with Crippen LogP contribution in [-0.2, 0) is 0 Å². The van der Waals surface area contributed by atoms with Gasteiger partial charge in [-0.3, -0.25) is 15.1 Å². The molecule has 20 heavy (non-hydrogen) atoms. The minimum atomic E-state index is -0.415. The molecule has 0 radical (unpaired) electrons. The van der Waals surface area contributed by atoms with Gasteiger partial charge in [0.25, 0.3) is 5.69 Å². The second-order valence-corrected chi connectivity index (χ2v) is 4.47. The molecule has 2 rings (SSSR count). The number of nitro groups is 1. The number of nitro benzene ring substituents is 1. The van der Waals surface area contributed by atoms with E-state index in [0.717, 1.165) is 6.20 Å². The molecular weight excluding hydrogens is 261 g/mol. The number of rotatable bonds is 4. The molecule has 0 aliphatic rings. The van der Waals surface area contributed by atoms with Gasteiger partial charge in [-0.15, -0.1) is 0 Å². The van der Waals surface area contributed by atoms with Crippen LogP contribution < -0.4 is 5.32 Å². The molecule has 1 atom stereocenters. The molecule has 0 aliphatic carbocycles. The molecular formula is C14H14FN3O2. The maximum absolute atomic E-state index is 12.8. The van der Waals surface area contributed by atoms with Crippen molar-refractivity contribution in [2.45, 2.75) is 19.9 Å². The van der Waals surface area contributed by atoms with Gasteiger partial charge in [-0.1, -0.05) is 6.07 Å². The molecule has 104 valence electrons. The van der Waals surface area contributed by atoms with Crippen LogP contribution in [0.25, 0.3) is 0 Å². The van der Waals surface area contributed by atoms with Crippen LogP contribution in [0.2, 0.25) is 0 Å². The number of aromatic nitrogens is 1. The Kier molecular flexibility index (Phi) is 3.93. The number of hydrogen-bond acceptors (Lipinski definition) is 4. The summed E-state index contributed by atoms with van der Waals surface area (Å²) in [5, 5.41) is 14.0. The number of anilines is 1. The van der Waals surface area contributed by atoms with E-state index in [-0.39, 0.29) is 11.7 Å². The Hall–Kier alpha value is -2.50. The monoisotopic (exact) mass is 275 g/mol. The Morgan fingerprint density at radius 2 is 2.10 bits per heavy atom. The largest absolute Gasteiger partial charge is 0.377 e. The van der Waals surface area contributed by atoms with Crippen molar-refractivity contribution in [3.63, 3.8) is 0 Å². The number of nitrogens with zero attached hydrogens (tertiary/aromatic N) is 2. The fourth-order valence-electron chi connectivity index (χ4n) is 1.93. The van der Waals surface area contributed by atoms with Crippen LogP contribution in [0.5, 0.6) is 0 Å². The molecule has 2 aromatic rings. The number of benzene rings is 1. The molecule has 0 saturated carbocycles. The lowest BCUT2D eigenvalue weighted by Crippen LogP contribution is -2.10. The molecule has 1 N–H and O–H groups in total. The summed E-state index contributed by atoms with van der Waals surface area (Å²) in [4.78, 5) is 14.5. The van der Waals surface area contributed by atoms with Crippen LogP contribution in [0.4, 0.5) is 15.8 Å². The third-order valence-electron chi connectivity index (χ3n) is 3.07. The van der Waals surface area contributed by atoms with Crippen molar-refractivity contribution in [1.29, 1.82) is 0 Å². The van der Waals surface area contributed by atoms with Gasteiger partial charge in [0, 0.05) is 17.3 Å². The van der Waals surface area contributed by atoms with E-state index < -0.39 is 10.7 Å². The average Bonchev–Trinajstić information content (AvgIpc) is 2.41. The van der Waals surface area contributed by atoms with Gasteiger partial charge in [0.15, 0.2) is 0 Å². The smallest absolute Gasteiger partial charge is 0.274 e. The van der Waals surface area contributed by atoms with Crippen molar-refractivity contribution in [2.24, 2.45) is 0 Å². The number of halogens is 1. The molecule has 0 amide bonds. The Balaban J connectivity index is 2.23. The lowest BCUT2D eigenvalue weighted by molar-refractivity contribution is -0.385. The van der Waals surface area contributed by atoms with Gasteiger partial charge in [-0.2, -0.15) is 0 Å². The van der Waals surface area contributed by atoms with Crippen LogP contribution in [0.3, 0.4) is 0 Å². The van der Waals surface area contributed by atoms with Crippen molar-refractivity contribution >= 4 is 11.4 Å². The fourth-order valence-corrected chi connectivity index (χ4v) is 1.93. The molecule has 1 aromatic carbocycles. The SMILES string of the molecule is Cc1c(NC(C)c2ccc(F)cn2)cccc1[N+](=O)[O-]. The highest BCUT2D eigenvalue weighted by atomic mass is 19.1. The summed E-state index contributed by atoms with van der Waals surface area (Å²) in [6, 6.07) is 7.58. The lowest BCUT2D eigenvalue weighted by Gasteiger charge is -2.16. The fraction of sp³-hybridized carbons (Fsp3) is 0.214. The number of pyridine rings is 1. The zero-order valence-corrected chi connectivity index (χ0v) is 11.1. The summed E-state index contributed by atoms with van der Waals surface area (Å²) in [6.07, 6.45) is 1.15. The summed E-state index contributed by atoms with van der Waals surface area (Å²) >= 11 is 0. The minimum Gasteiger partial charge on any atom is -0.377 e. The summed E-state index contributed by atoms with van der Waals surface area (Å²) < 4.78 is 12.8. The first-order valence-corrected chi connectivity index (χ1v) is 6.11. The van der Waals surface area contributed by atoms with E-state index in [2.05, 4.69) is 10.3 Å². The van der Waals surface area contributed by atoms with Crippen molar-refractivity contribution in [3.05, 3.63) is 63.7 Å². The van der Waals surface area contributed by atoms with Crippen LogP contribution in [0.15, 0.2) is 36.5 Å². The Morgan fingerprint density at radius 3 is 2.70 bits per heavy atom. The Morgan fingerprint density at radius 1 is 1.35 bits per heavy atom. The molecule has 0 aliphatic heterocycles. The van der Waals surface area contributed by atoms with Gasteiger partial charge in [-0.05, 0) is 32.0 Å². The molecule has 0 bridgehead atoms. The zero-order chi connectivity index (χ0) is 14.7. The van der Waals surface area contributed by atoms with Crippen molar-refractivity contribution in [1.82, 2.24) is 4.98 Å². The van der Waals surface area contributed by atoms with E-state index in [0.29, 0.717) is 16.9 Å². The van der Waals surface area contributed by atoms with E-state index in [4.69, 9.17) is 0 Å². The van der Waals surface area contributed by atoms with Gasteiger partial charge in [0.1, 0.15) is 5.82 Å². The van der Waals surface area contributed by atoms with Crippen molar-refractivity contribution in [2.75, 3.05) is 5.32 Å². The zero-order valence-electron chi connectivity index (χ0n) is 11.1. The first-order chi connectivity index (χ1) is 9.49. The van der Waals surface area contributed by atoms with Crippen molar-refractivity contribution < 1.29 is 9.31 Å². The van der Waals surface area contributed by atoms with Gasteiger partial charge in [0.05, 0.1) is 22.9 Å². The molecule has 1 unspecified atom stereocenters. The summed E-state index contributed by atoms with van der Waals surface area (Å²) in [5.74, 6) is -0.396. The average molecular weight is 275 g/mol. The number of hydrogen-bond donors (Lipinski definition) is 1. The summed E-state index contributed by atoms with van der Waals surface area (Å²) in [6.45, 7) is 3.55. The summed E-state index contributed by atoms with van der Waals surface area (Å²) in [5.41, 5.74) is 1.95. The second-order valence-electron chi connectivity index (χ2n) is 4.47. The highest BCUT2D eigenvalue weighted by Crippen LogP contribution is 2.27. The predicted molar refractivity (Wildman–Crippen MR) is 74.1 cm³/mol. The number of nitrogens with one attached hydrogen (secondary N) is 1. The van der Waals surface area contributed by atoms with E-state index in [1.807, 2.05) is 6.92 Å². The topological polar surface area (TPSA) is 68.1 Å². The third-order valence-corrected chi connectivity index (χ3v) is 3.07. The van der Waals surface area contributed by atoms with Gasteiger partial charge >= 0.3 is 0 Å². The molecule has 0 saturated heterocycles. The van der Waals surface area contributed by atoms with Gasteiger partial charge < -0.3 is 5.32 Å². The Bertz CT molecular complexity index is 629. The normalized spacial score (nSPS) is 11.9. The van der Waals surface area contributed by atoms with Crippen LogP contribution in [-0.4, -0.2) is 9.91 Å². The first kappa shape index (κ1) is 13.9. The quantitative estimate of drug-likeness (QED) is 0.683. The second kappa shape index (κ2) is 5.64. The Labute approximate surface area is 115 Å². The van der Waals surface area contributed by atoms with E-state index in [9.17, 15) is 14.5 Å². The molecule has 6 heteroatoms.